The van der Waals surface area contributed by atoms with Gasteiger partial charge in [0.1, 0.15) is 0 Å². The first kappa shape index (κ1) is 8.37. The molecular formula is C5H9BrOS. The molecule has 0 aromatic heterocycles. The van der Waals surface area contributed by atoms with E-state index in [0.717, 1.165) is 0 Å². The van der Waals surface area contributed by atoms with E-state index < -0.39 is 0 Å². The monoisotopic (exact) mass is 196 g/mol. The molecule has 0 atom stereocenters. The summed E-state index contributed by atoms with van der Waals surface area (Å²) in [6.45, 7) is 3.91. The minimum absolute atomic E-state index is 0.208. The molecule has 0 aromatic rings. The second-order valence-electron chi connectivity index (χ2n) is 1.67. The number of hydrogen-bond donors (Lipinski definition) is 0. The van der Waals surface area contributed by atoms with E-state index in [9.17, 15) is 0 Å². The number of alkyl halides is 1. The molecule has 0 amide bonds. The summed E-state index contributed by atoms with van der Waals surface area (Å²) in [5.74, 6) is 0. The Morgan fingerprint density at radius 1 is 1.75 bits per heavy atom. The zero-order valence-corrected chi connectivity index (χ0v) is 7.38. The molecule has 0 aliphatic carbocycles. The maximum atomic E-state index is 5.08. The van der Waals surface area contributed by atoms with Gasteiger partial charge in [0.05, 0.1) is 11.4 Å². The lowest BCUT2D eigenvalue weighted by Crippen LogP contribution is -2.09. The largest absolute Gasteiger partial charge is 0.484 e. The molecule has 0 saturated carbocycles. The van der Waals surface area contributed by atoms with Gasteiger partial charge >= 0.3 is 0 Å². The van der Waals surface area contributed by atoms with Crippen LogP contribution >= 0.6 is 28.1 Å². The van der Waals surface area contributed by atoms with Crippen LogP contribution in [0.15, 0.2) is 0 Å². The van der Waals surface area contributed by atoms with E-state index in [1.54, 1.807) is 0 Å². The van der Waals surface area contributed by atoms with Crippen molar-refractivity contribution in [1.82, 2.24) is 0 Å². The molecule has 0 bridgehead atoms. The Balaban J connectivity index is 3.25. The molecule has 0 aliphatic heterocycles. The molecule has 3 heteroatoms. The summed E-state index contributed by atoms with van der Waals surface area (Å²) < 4.78 is 5.08. The summed E-state index contributed by atoms with van der Waals surface area (Å²) in [5, 5.41) is 1.28. The van der Waals surface area contributed by atoms with Gasteiger partial charge in [-0.05, 0) is 26.1 Å². The summed E-state index contributed by atoms with van der Waals surface area (Å²) in [5.41, 5.74) is 0. The summed E-state index contributed by atoms with van der Waals surface area (Å²) >= 11 is 7.94. The van der Waals surface area contributed by atoms with Crippen molar-refractivity contribution >= 4 is 33.2 Å². The molecule has 0 aliphatic rings. The van der Waals surface area contributed by atoms with E-state index in [1.165, 1.54) is 0 Å². The lowest BCUT2D eigenvalue weighted by Gasteiger charge is -2.06. The third-order valence-corrected chi connectivity index (χ3v) is 1.60. The highest BCUT2D eigenvalue weighted by atomic mass is 79.9. The van der Waals surface area contributed by atoms with Crippen molar-refractivity contribution in [1.29, 1.82) is 0 Å². The van der Waals surface area contributed by atoms with Crippen molar-refractivity contribution < 1.29 is 4.74 Å². The molecule has 0 fully saturated rings. The van der Waals surface area contributed by atoms with E-state index in [2.05, 4.69) is 15.9 Å². The lowest BCUT2D eigenvalue weighted by molar-refractivity contribution is 0.234. The van der Waals surface area contributed by atoms with Gasteiger partial charge in [-0.2, -0.15) is 0 Å². The predicted molar refractivity (Wildman–Crippen MR) is 42.6 cm³/mol. The summed E-state index contributed by atoms with van der Waals surface area (Å²) in [6, 6.07) is 0. The quantitative estimate of drug-likeness (QED) is 0.495. The van der Waals surface area contributed by atoms with Gasteiger partial charge in [-0.25, -0.2) is 0 Å². The molecule has 0 N–H and O–H groups in total. The maximum absolute atomic E-state index is 5.08. The van der Waals surface area contributed by atoms with Crippen LogP contribution in [-0.4, -0.2) is 16.5 Å². The van der Waals surface area contributed by atoms with Gasteiger partial charge in [-0.15, -0.1) is 0 Å². The number of ether oxygens (including phenoxy) is 1. The molecule has 8 heavy (non-hydrogen) atoms. The van der Waals surface area contributed by atoms with E-state index in [4.69, 9.17) is 17.0 Å². The van der Waals surface area contributed by atoms with Crippen molar-refractivity contribution in [2.24, 2.45) is 0 Å². The molecule has 0 unspecified atom stereocenters. The molecule has 0 aromatic carbocycles. The first-order valence-corrected chi connectivity index (χ1v) is 3.95. The van der Waals surface area contributed by atoms with Gasteiger partial charge < -0.3 is 4.74 Å². The van der Waals surface area contributed by atoms with Crippen LogP contribution in [0.5, 0.6) is 0 Å². The maximum Gasteiger partial charge on any atom is 0.170 e. The highest BCUT2D eigenvalue weighted by Crippen LogP contribution is 1.93. The minimum atomic E-state index is 0.208. The van der Waals surface area contributed by atoms with Gasteiger partial charge in [0.25, 0.3) is 0 Å². The molecule has 0 heterocycles. The van der Waals surface area contributed by atoms with Crippen LogP contribution in [-0.2, 0) is 4.74 Å². The zero-order valence-electron chi connectivity index (χ0n) is 4.98. The molecule has 0 spiro atoms. The molecule has 0 rings (SSSR count). The third kappa shape index (κ3) is 4.53. The van der Waals surface area contributed by atoms with Gasteiger partial charge in [0, 0.05) is 0 Å². The van der Waals surface area contributed by atoms with E-state index in [0.29, 0.717) is 10.4 Å². The van der Waals surface area contributed by atoms with Crippen molar-refractivity contribution in [3.63, 3.8) is 0 Å². The van der Waals surface area contributed by atoms with Crippen LogP contribution in [0.3, 0.4) is 0 Å². The van der Waals surface area contributed by atoms with Crippen molar-refractivity contribution in [3.8, 4) is 0 Å². The van der Waals surface area contributed by atoms with Gasteiger partial charge in [-0.1, -0.05) is 15.9 Å². The molecule has 0 saturated heterocycles. The number of halogens is 1. The molecular weight excluding hydrogens is 188 g/mol. The van der Waals surface area contributed by atoms with E-state index in [-0.39, 0.29) is 6.10 Å². The topological polar surface area (TPSA) is 9.23 Å². The second kappa shape index (κ2) is 4.27. The lowest BCUT2D eigenvalue weighted by atomic mass is 10.5. The van der Waals surface area contributed by atoms with Crippen LogP contribution in [0.1, 0.15) is 13.8 Å². The van der Waals surface area contributed by atoms with Crippen molar-refractivity contribution in [2.75, 3.05) is 5.33 Å². The van der Waals surface area contributed by atoms with Crippen molar-refractivity contribution in [3.05, 3.63) is 0 Å². The first-order valence-electron chi connectivity index (χ1n) is 2.42. The fourth-order valence-corrected chi connectivity index (χ4v) is 0.619. The summed E-state index contributed by atoms with van der Waals surface area (Å²) in [4.78, 5) is 0. The SMILES string of the molecule is CC(C)OC(=S)CBr. The normalized spacial score (nSPS) is 9.50. The standard InChI is InChI=1S/C5H9BrOS/c1-4(2)7-5(8)3-6/h4H,3H2,1-2H3. The van der Waals surface area contributed by atoms with Gasteiger partial charge in [0.15, 0.2) is 5.05 Å². The van der Waals surface area contributed by atoms with Crippen LogP contribution in [0.25, 0.3) is 0 Å². The van der Waals surface area contributed by atoms with Crippen LogP contribution < -0.4 is 0 Å². The average Bonchev–Trinajstić information content (AvgIpc) is 1.65. The fraction of sp³-hybridized carbons (Fsp3) is 0.800. The Labute approximate surface area is 63.5 Å². The smallest absolute Gasteiger partial charge is 0.170 e. The summed E-state index contributed by atoms with van der Waals surface area (Å²) in [6.07, 6.45) is 0.208. The summed E-state index contributed by atoms with van der Waals surface area (Å²) in [7, 11) is 0. The highest BCUT2D eigenvalue weighted by Gasteiger charge is 1.95. The third-order valence-electron chi connectivity index (χ3n) is 0.476. The van der Waals surface area contributed by atoms with Crippen LogP contribution in [0.2, 0.25) is 0 Å². The van der Waals surface area contributed by atoms with Gasteiger partial charge in [0.2, 0.25) is 0 Å². The Hall–Kier alpha value is 0.370. The Kier molecular flexibility index (Phi) is 4.47. The molecule has 1 nitrogen and oxygen atoms in total. The molecule has 0 radical (unpaired) electrons. The van der Waals surface area contributed by atoms with Gasteiger partial charge in [-0.3, -0.25) is 0 Å². The highest BCUT2D eigenvalue weighted by molar-refractivity contribution is 9.09. The Bertz CT molecular complexity index is 82.5. The van der Waals surface area contributed by atoms with Crippen LogP contribution in [0, 0.1) is 0 Å². The zero-order chi connectivity index (χ0) is 6.57. The van der Waals surface area contributed by atoms with E-state index in [1.807, 2.05) is 13.8 Å². The minimum Gasteiger partial charge on any atom is -0.484 e. The number of rotatable bonds is 2. The second-order valence-corrected chi connectivity index (χ2v) is 2.69. The number of hydrogen-bond acceptors (Lipinski definition) is 2. The van der Waals surface area contributed by atoms with Crippen LogP contribution in [0.4, 0.5) is 0 Å². The fourth-order valence-electron chi connectivity index (χ4n) is 0.294. The van der Waals surface area contributed by atoms with E-state index >= 15 is 0 Å². The first-order chi connectivity index (χ1) is 3.66. The molecule has 48 valence electrons. The average molecular weight is 197 g/mol. The Morgan fingerprint density at radius 3 is 2.38 bits per heavy atom. The Morgan fingerprint density at radius 2 is 2.25 bits per heavy atom. The predicted octanol–water partition coefficient (Wildman–Crippen LogP) is 2.13. The van der Waals surface area contributed by atoms with Crippen molar-refractivity contribution in [2.45, 2.75) is 20.0 Å². The number of thiocarbonyl (C=S) groups is 1.